The van der Waals surface area contributed by atoms with Crippen molar-refractivity contribution in [2.75, 3.05) is 13.2 Å². The molecule has 1 amide bonds. The Morgan fingerprint density at radius 2 is 2.53 bits per heavy atom. The lowest BCUT2D eigenvalue weighted by atomic mass is 10.2. The van der Waals surface area contributed by atoms with Crippen LogP contribution in [0, 0.1) is 0 Å². The van der Waals surface area contributed by atoms with E-state index in [1.165, 1.54) is 18.6 Å². The maximum Gasteiger partial charge on any atom is 0.271 e. The highest BCUT2D eigenvalue weighted by molar-refractivity contribution is 5.91. The Labute approximate surface area is 87.9 Å². The van der Waals surface area contributed by atoms with Gasteiger partial charge in [-0.15, -0.1) is 0 Å². The Bertz CT molecular complexity index is 323. The largest absolute Gasteiger partial charge is 0.376 e. The van der Waals surface area contributed by atoms with E-state index in [0.717, 1.165) is 19.4 Å². The predicted molar refractivity (Wildman–Crippen MR) is 53.3 cm³/mol. The van der Waals surface area contributed by atoms with Crippen molar-refractivity contribution in [3.05, 3.63) is 24.3 Å². The summed E-state index contributed by atoms with van der Waals surface area (Å²) in [6.07, 6.45) is 6.74. The normalized spacial score (nSPS) is 20.1. The molecule has 5 nitrogen and oxygen atoms in total. The summed E-state index contributed by atoms with van der Waals surface area (Å²) in [6, 6.07) is 0. The minimum Gasteiger partial charge on any atom is -0.376 e. The van der Waals surface area contributed by atoms with Crippen LogP contribution in [0.1, 0.15) is 23.3 Å². The van der Waals surface area contributed by atoms with Crippen molar-refractivity contribution in [1.29, 1.82) is 0 Å². The molecule has 1 aliphatic heterocycles. The van der Waals surface area contributed by atoms with Gasteiger partial charge in [0.25, 0.3) is 5.91 Å². The highest BCUT2D eigenvalue weighted by Crippen LogP contribution is 2.10. The second kappa shape index (κ2) is 4.84. The second-order valence-corrected chi connectivity index (χ2v) is 3.44. The molecule has 0 saturated carbocycles. The van der Waals surface area contributed by atoms with Gasteiger partial charge >= 0.3 is 0 Å². The van der Waals surface area contributed by atoms with E-state index in [-0.39, 0.29) is 12.0 Å². The molecule has 1 aromatic heterocycles. The topological polar surface area (TPSA) is 64.1 Å². The predicted octanol–water partition coefficient (Wildman–Crippen LogP) is 0.385. The molecule has 0 aliphatic carbocycles. The molecule has 1 aromatic rings. The molecular weight excluding hydrogens is 194 g/mol. The Morgan fingerprint density at radius 1 is 1.60 bits per heavy atom. The zero-order valence-corrected chi connectivity index (χ0v) is 8.35. The van der Waals surface area contributed by atoms with E-state index < -0.39 is 0 Å². The molecule has 2 heterocycles. The molecule has 15 heavy (non-hydrogen) atoms. The van der Waals surface area contributed by atoms with Crippen LogP contribution in [0.4, 0.5) is 0 Å². The van der Waals surface area contributed by atoms with E-state index in [2.05, 4.69) is 15.3 Å². The first kappa shape index (κ1) is 10.0. The number of nitrogens with zero attached hydrogens (tertiary/aromatic N) is 2. The second-order valence-electron chi connectivity index (χ2n) is 3.44. The molecular formula is C10H13N3O2. The van der Waals surface area contributed by atoms with Crippen molar-refractivity contribution in [2.24, 2.45) is 0 Å². The lowest BCUT2D eigenvalue weighted by Crippen LogP contribution is -2.32. The van der Waals surface area contributed by atoms with E-state index in [9.17, 15) is 4.79 Å². The van der Waals surface area contributed by atoms with Gasteiger partial charge in [0, 0.05) is 25.5 Å². The van der Waals surface area contributed by atoms with Crippen LogP contribution in [0.15, 0.2) is 18.6 Å². The lowest BCUT2D eigenvalue weighted by Gasteiger charge is -2.09. The van der Waals surface area contributed by atoms with Crippen LogP contribution in [-0.4, -0.2) is 35.1 Å². The number of hydrogen-bond donors (Lipinski definition) is 1. The summed E-state index contributed by atoms with van der Waals surface area (Å²) in [5, 5.41) is 2.77. The highest BCUT2D eigenvalue weighted by Gasteiger charge is 2.16. The summed E-state index contributed by atoms with van der Waals surface area (Å²) in [4.78, 5) is 19.3. The van der Waals surface area contributed by atoms with Gasteiger partial charge in [-0.05, 0) is 12.8 Å². The molecule has 0 unspecified atom stereocenters. The van der Waals surface area contributed by atoms with Gasteiger partial charge in [0.2, 0.25) is 0 Å². The van der Waals surface area contributed by atoms with E-state index in [0.29, 0.717) is 12.2 Å². The SMILES string of the molecule is O=C(NC[C@@H]1CCCO1)c1cnccn1. The van der Waals surface area contributed by atoms with E-state index >= 15 is 0 Å². The number of amides is 1. The van der Waals surface area contributed by atoms with Crippen LogP contribution in [0.2, 0.25) is 0 Å². The standard InChI is InChI=1S/C10H13N3O2/c14-10(9-7-11-3-4-12-9)13-6-8-2-1-5-15-8/h3-4,7-8H,1-2,5-6H2,(H,13,14)/t8-/m0/s1. The summed E-state index contributed by atoms with van der Waals surface area (Å²) in [6.45, 7) is 1.35. The number of nitrogens with one attached hydrogen (secondary N) is 1. The minimum atomic E-state index is -0.196. The van der Waals surface area contributed by atoms with Crippen molar-refractivity contribution in [2.45, 2.75) is 18.9 Å². The molecule has 1 fully saturated rings. The summed E-state index contributed by atoms with van der Waals surface area (Å²) >= 11 is 0. The fourth-order valence-electron chi connectivity index (χ4n) is 1.52. The number of ether oxygens (including phenoxy) is 1. The Morgan fingerprint density at radius 3 is 3.20 bits per heavy atom. The zero-order valence-electron chi connectivity index (χ0n) is 8.35. The van der Waals surface area contributed by atoms with Crippen molar-refractivity contribution < 1.29 is 9.53 Å². The smallest absolute Gasteiger partial charge is 0.271 e. The molecule has 0 radical (unpaired) electrons. The monoisotopic (exact) mass is 207 g/mol. The van der Waals surface area contributed by atoms with Crippen LogP contribution < -0.4 is 5.32 Å². The van der Waals surface area contributed by atoms with Gasteiger partial charge in [-0.1, -0.05) is 0 Å². The zero-order chi connectivity index (χ0) is 10.5. The molecule has 2 rings (SSSR count). The summed E-state index contributed by atoms with van der Waals surface area (Å²) in [7, 11) is 0. The fourth-order valence-corrected chi connectivity index (χ4v) is 1.52. The molecule has 1 N–H and O–H groups in total. The molecule has 0 spiro atoms. The number of hydrogen-bond acceptors (Lipinski definition) is 4. The average molecular weight is 207 g/mol. The first-order valence-corrected chi connectivity index (χ1v) is 5.02. The van der Waals surface area contributed by atoms with Gasteiger partial charge in [0.1, 0.15) is 5.69 Å². The van der Waals surface area contributed by atoms with Gasteiger partial charge < -0.3 is 10.1 Å². The van der Waals surface area contributed by atoms with Crippen LogP contribution in [-0.2, 0) is 4.74 Å². The minimum absolute atomic E-state index is 0.158. The molecule has 5 heteroatoms. The average Bonchev–Trinajstić information content (AvgIpc) is 2.80. The molecule has 1 atom stereocenters. The van der Waals surface area contributed by atoms with E-state index in [4.69, 9.17) is 4.74 Å². The van der Waals surface area contributed by atoms with Crippen LogP contribution in [0.5, 0.6) is 0 Å². The summed E-state index contributed by atoms with van der Waals surface area (Å²) < 4.78 is 5.39. The molecule has 1 saturated heterocycles. The molecule has 0 aromatic carbocycles. The summed E-state index contributed by atoms with van der Waals surface area (Å²) in [5.41, 5.74) is 0.343. The van der Waals surface area contributed by atoms with Crippen LogP contribution in [0.3, 0.4) is 0 Å². The maximum absolute atomic E-state index is 11.5. The Hall–Kier alpha value is -1.49. The molecule has 0 bridgehead atoms. The quantitative estimate of drug-likeness (QED) is 0.778. The third-order valence-electron chi connectivity index (χ3n) is 2.31. The fraction of sp³-hybridized carbons (Fsp3) is 0.500. The molecule has 1 aliphatic rings. The number of rotatable bonds is 3. The first-order valence-electron chi connectivity index (χ1n) is 5.02. The van der Waals surface area contributed by atoms with Crippen LogP contribution >= 0.6 is 0 Å². The van der Waals surface area contributed by atoms with Gasteiger partial charge in [0.15, 0.2) is 0 Å². The first-order chi connectivity index (χ1) is 7.36. The van der Waals surface area contributed by atoms with Crippen molar-refractivity contribution >= 4 is 5.91 Å². The van der Waals surface area contributed by atoms with Gasteiger partial charge in [-0.2, -0.15) is 0 Å². The third-order valence-corrected chi connectivity index (χ3v) is 2.31. The van der Waals surface area contributed by atoms with E-state index in [1.807, 2.05) is 0 Å². The summed E-state index contributed by atoms with van der Waals surface area (Å²) in [5.74, 6) is -0.196. The number of carbonyl (C=O) groups excluding carboxylic acids is 1. The Kier molecular flexibility index (Phi) is 3.24. The Balaban J connectivity index is 1.82. The van der Waals surface area contributed by atoms with Crippen molar-refractivity contribution in [3.63, 3.8) is 0 Å². The van der Waals surface area contributed by atoms with Gasteiger partial charge in [-0.3, -0.25) is 9.78 Å². The number of carbonyl (C=O) groups is 1. The maximum atomic E-state index is 11.5. The lowest BCUT2D eigenvalue weighted by molar-refractivity contribution is 0.0853. The van der Waals surface area contributed by atoms with Gasteiger partial charge in [-0.25, -0.2) is 4.98 Å². The van der Waals surface area contributed by atoms with Crippen molar-refractivity contribution in [3.8, 4) is 0 Å². The van der Waals surface area contributed by atoms with Crippen LogP contribution in [0.25, 0.3) is 0 Å². The van der Waals surface area contributed by atoms with Gasteiger partial charge in [0.05, 0.1) is 12.3 Å². The number of aromatic nitrogens is 2. The highest BCUT2D eigenvalue weighted by atomic mass is 16.5. The van der Waals surface area contributed by atoms with Crippen molar-refractivity contribution in [1.82, 2.24) is 15.3 Å². The third kappa shape index (κ3) is 2.73. The van der Waals surface area contributed by atoms with E-state index in [1.54, 1.807) is 0 Å². The molecule has 80 valence electrons.